The Morgan fingerprint density at radius 3 is 2.68 bits per heavy atom. The number of aromatic nitrogens is 2. The molecule has 0 bridgehead atoms. The fourth-order valence-corrected chi connectivity index (χ4v) is 4.40. The third kappa shape index (κ3) is 2.76. The van der Waals surface area contributed by atoms with Crippen LogP contribution in [0.1, 0.15) is 39.5 Å². The SMILES string of the molecule is Cn1cnc(N)c1S(=O)(=O)NC1CCCCC1(C)C. The predicted molar refractivity (Wildman–Crippen MR) is 74.0 cm³/mol. The molecule has 19 heavy (non-hydrogen) atoms. The van der Waals surface area contributed by atoms with Crippen LogP contribution in [0.25, 0.3) is 0 Å². The molecular weight excluding hydrogens is 264 g/mol. The predicted octanol–water partition coefficient (Wildman–Crippen LogP) is 1.25. The van der Waals surface area contributed by atoms with Gasteiger partial charge in [0.1, 0.15) is 0 Å². The lowest BCUT2D eigenvalue weighted by Crippen LogP contribution is -2.47. The third-order valence-corrected chi connectivity index (χ3v) is 5.57. The first kappa shape index (κ1) is 14.3. The second kappa shape index (κ2) is 4.79. The van der Waals surface area contributed by atoms with E-state index in [0.29, 0.717) is 0 Å². The quantitative estimate of drug-likeness (QED) is 0.875. The van der Waals surface area contributed by atoms with E-state index in [1.165, 1.54) is 10.9 Å². The zero-order chi connectivity index (χ0) is 14.3. The van der Waals surface area contributed by atoms with Gasteiger partial charge in [-0.05, 0) is 18.3 Å². The Morgan fingerprint density at radius 1 is 1.47 bits per heavy atom. The van der Waals surface area contributed by atoms with Crippen molar-refractivity contribution < 1.29 is 8.42 Å². The van der Waals surface area contributed by atoms with Crippen molar-refractivity contribution in [3.8, 4) is 0 Å². The minimum absolute atomic E-state index is 0.0291. The van der Waals surface area contributed by atoms with E-state index in [1.807, 2.05) is 0 Å². The van der Waals surface area contributed by atoms with Gasteiger partial charge in [-0.25, -0.2) is 18.1 Å². The van der Waals surface area contributed by atoms with Crippen LogP contribution in [-0.2, 0) is 17.1 Å². The molecule has 1 fully saturated rings. The molecule has 0 spiro atoms. The first-order valence-corrected chi connectivity index (χ1v) is 8.01. The molecule has 0 radical (unpaired) electrons. The van der Waals surface area contributed by atoms with Crippen molar-refractivity contribution in [2.75, 3.05) is 5.73 Å². The van der Waals surface area contributed by atoms with Crippen molar-refractivity contribution in [3.63, 3.8) is 0 Å². The summed E-state index contributed by atoms with van der Waals surface area (Å²) in [5, 5.41) is 0.0499. The molecule has 3 N–H and O–H groups in total. The second-order valence-electron chi connectivity index (χ2n) is 5.95. The summed E-state index contributed by atoms with van der Waals surface area (Å²) in [5.41, 5.74) is 5.62. The first-order valence-electron chi connectivity index (χ1n) is 6.53. The zero-order valence-corrected chi connectivity index (χ0v) is 12.5. The standard InChI is InChI=1S/C12H22N4O2S/c1-12(2)7-5-4-6-9(12)15-19(17,18)11-10(13)14-8-16(11)3/h8-9,15H,4-7,13H2,1-3H3. The normalized spacial score (nSPS) is 23.4. The van der Waals surface area contributed by atoms with Crippen LogP contribution < -0.4 is 10.5 Å². The lowest BCUT2D eigenvalue weighted by atomic mass is 9.74. The van der Waals surface area contributed by atoms with Gasteiger partial charge in [0.25, 0.3) is 10.0 Å². The summed E-state index contributed by atoms with van der Waals surface area (Å²) in [6, 6.07) is -0.0550. The highest BCUT2D eigenvalue weighted by Crippen LogP contribution is 2.36. The van der Waals surface area contributed by atoms with E-state index >= 15 is 0 Å². The molecule has 1 aliphatic carbocycles. The van der Waals surface area contributed by atoms with Crippen molar-refractivity contribution in [1.82, 2.24) is 14.3 Å². The van der Waals surface area contributed by atoms with Crippen molar-refractivity contribution in [2.45, 2.75) is 50.6 Å². The van der Waals surface area contributed by atoms with E-state index in [-0.39, 0.29) is 22.3 Å². The Kier molecular flexibility index (Phi) is 3.61. The van der Waals surface area contributed by atoms with Crippen molar-refractivity contribution >= 4 is 15.8 Å². The number of anilines is 1. The Labute approximate surface area is 114 Å². The molecule has 0 saturated heterocycles. The van der Waals surface area contributed by atoms with Crippen LogP contribution in [0.15, 0.2) is 11.4 Å². The number of hydrogen-bond acceptors (Lipinski definition) is 4. The van der Waals surface area contributed by atoms with Gasteiger partial charge in [-0.2, -0.15) is 0 Å². The molecule has 1 unspecified atom stereocenters. The highest BCUT2D eigenvalue weighted by molar-refractivity contribution is 7.89. The fourth-order valence-electron chi connectivity index (χ4n) is 2.72. The average molecular weight is 286 g/mol. The first-order chi connectivity index (χ1) is 8.74. The summed E-state index contributed by atoms with van der Waals surface area (Å²) in [7, 11) is -1.99. The Morgan fingerprint density at radius 2 is 2.16 bits per heavy atom. The molecule has 6 nitrogen and oxygen atoms in total. The molecular formula is C12H22N4O2S. The Hall–Kier alpha value is -1.08. The Balaban J connectivity index is 2.27. The van der Waals surface area contributed by atoms with E-state index in [2.05, 4.69) is 23.6 Å². The van der Waals surface area contributed by atoms with E-state index in [1.54, 1.807) is 7.05 Å². The molecule has 0 aliphatic heterocycles. The largest absolute Gasteiger partial charge is 0.381 e. The maximum absolute atomic E-state index is 12.4. The van der Waals surface area contributed by atoms with Gasteiger partial charge < -0.3 is 10.3 Å². The van der Waals surface area contributed by atoms with Gasteiger partial charge in [-0.15, -0.1) is 0 Å². The number of imidazole rings is 1. The molecule has 0 aromatic carbocycles. The number of rotatable bonds is 3. The third-order valence-electron chi connectivity index (χ3n) is 3.97. The van der Waals surface area contributed by atoms with E-state index in [4.69, 9.17) is 5.73 Å². The molecule has 1 aromatic heterocycles. The molecule has 1 aromatic rings. The van der Waals surface area contributed by atoms with Crippen LogP contribution in [0.4, 0.5) is 5.82 Å². The van der Waals surface area contributed by atoms with E-state index in [0.717, 1.165) is 25.7 Å². The average Bonchev–Trinajstić information content (AvgIpc) is 2.62. The van der Waals surface area contributed by atoms with Gasteiger partial charge in [-0.1, -0.05) is 26.7 Å². The highest BCUT2D eigenvalue weighted by Gasteiger charge is 2.36. The number of aryl methyl sites for hydroxylation is 1. The van der Waals surface area contributed by atoms with Crippen LogP contribution in [0.2, 0.25) is 0 Å². The lowest BCUT2D eigenvalue weighted by Gasteiger charge is -2.38. The van der Waals surface area contributed by atoms with Gasteiger partial charge in [0.05, 0.1) is 6.33 Å². The summed E-state index contributed by atoms with van der Waals surface area (Å²) in [4.78, 5) is 3.83. The van der Waals surface area contributed by atoms with E-state index < -0.39 is 10.0 Å². The number of nitrogens with two attached hydrogens (primary N) is 1. The summed E-state index contributed by atoms with van der Waals surface area (Å²) in [6.07, 6.45) is 5.51. The van der Waals surface area contributed by atoms with Gasteiger partial charge in [0.2, 0.25) is 0 Å². The van der Waals surface area contributed by atoms with Crippen LogP contribution >= 0.6 is 0 Å². The number of hydrogen-bond donors (Lipinski definition) is 2. The molecule has 1 heterocycles. The molecule has 2 rings (SSSR count). The summed E-state index contributed by atoms with van der Waals surface area (Å²) < 4.78 is 29.1. The second-order valence-corrected chi connectivity index (χ2v) is 7.58. The van der Waals surface area contributed by atoms with Gasteiger partial charge in [0, 0.05) is 13.1 Å². The zero-order valence-electron chi connectivity index (χ0n) is 11.7. The molecule has 1 atom stereocenters. The smallest absolute Gasteiger partial charge is 0.260 e. The van der Waals surface area contributed by atoms with Crippen molar-refractivity contribution in [1.29, 1.82) is 0 Å². The van der Waals surface area contributed by atoms with Gasteiger partial charge in [-0.3, -0.25) is 0 Å². The van der Waals surface area contributed by atoms with Crippen molar-refractivity contribution in [3.05, 3.63) is 6.33 Å². The van der Waals surface area contributed by atoms with Crippen LogP contribution in [0.3, 0.4) is 0 Å². The van der Waals surface area contributed by atoms with Crippen LogP contribution in [0, 0.1) is 5.41 Å². The van der Waals surface area contributed by atoms with Crippen LogP contribution in [-0.4, -0.2) is 24.0 Å². The number of nitrogen functional groups attached to an aromatic ring is 1. The molecule has 1 saturated carbocycles. The van der Waals surface area contributed by atoms with Crippen LogP contribution in [0.5, 0.6) is 0 Å². The maximum Gasteiger partial charge on any atom is 0.260 e. The lowest BCUT2D eigenvalue weighted by molar-refractivity contribution is 0.188. The minimum atomic E-state index is -3.62. The molecule has 7 heteroatoms. The topological polar surface area (TPSA) is 90.0 Å². The van der Waals surface area contributed by atoms with Gasteiger partial charge >= 0.3 is 0 Å². The molecule has 1 aliphatic rings. The minimum Gasteiger partial charge on any atom is -0.381 e. The summed E-state index contributed by atoms with van der Waals surface area (Å²) in [6.45, 7) is 4.21. The monoisotopic (exact) mass is 286 g/mol. The van der Waals surface area contributed by atoms with Gasteiger partial charge in [0.15, 0.2) is 10.8 Å². The number of sulfonamides is 1. The Bertz CT molecular complexity index is 543. The molecule has 0 amide bonds. The summed E-state index contributed by atoms with van der Waals surface area (Å²) >= 11 is 0. The highest BCUT2D eigenvalue weighted by atomic mass is 32.2. The molecule has 108 valence electrons. The fraction of sp³-hybridized carbons (Fsp3) is 0.750. The maximum atomic E-state index is 12.4. The number of nitrogens with zero attached hydrogens (tertiary/aromatic N) is 2. The van der Waals surface area contributed by atoms with Crippen molar-refractivity contribution in [2.24, 2.45) is 12.5 Å². The summed E-state index contributed by atoms with van der Waals surface area (Å²) in [5.74, 6) is 0.0450. The number of nitrogens with one attached hydrogen (secondary N) is 1. The van der Waals surface area contributed by atoms with E-state index in [9.17, 15) is 8.42 Å².